The van der Waals surface area contributed by atoms with Crippen LogP contribution in [0.5, 0.6) is 0 Å². The van der Waals surface area contributed by atoms with E-state index in [1.165, 1.54) is 6.07 Å². The van der Waals surface area contributed by atoms with Crippen LogP contribution in [0.1, 0.15) is 27.5 Å². The Labute approximate surface area is 167 Å². The average molecular weight is 392 g/mol. The van der Waals surface area contributed by atoms with Crippen LogP contribution in [0.25, 0.3) is 0 Å². The fraction of sp³-hybridized carbons (Fsp3) is 0.333. The highest BCUT2D eigenvalue weighted by molar-refractivity contribution is 5.94. The summed E-state index contributed by atoms with van der Waals surface area (Å²) in [6, 6.07) is 14.1. The lowest BCUT2D eigenvalue weighted by atomic mass is 9.89. The van der Waals surface area contributed by atoms with Gasteiger partial charge in [-0.05, 0) is 51.7 Å². The van der Waals surface area contributed by atoms with E-state index in [-0.39, 0.29) is 17.8 Å². The number of fused-ring (bicyclic) bond motifs is 1. The lowest BCUT2D eigenvalue weighted by Gasteiger charge is -2.28. The molecule has 3 atom stereocenters. The van der Waals surface area contributed by atoms with Gasteiger partial charge in [0.05, 0.1) is 12.6 Å². The number of aromatic nitrogens is 4. The summed E-state index contributed by atoms with van der Waals surface area (Å²) in [5.74, 6) is 0.421. The quantitative estimate of drug-likeness (QED) is 0.734. The van der Waals surface area contributed by atoms with Gasteiger partial charge in [-0.25, -0.2) is 9.07 Å². The highest BCUT2D eigenvalue weighted by Crippen LogP contribution is 2.43. The van der Waals surface area contributed by atoms with Crippen molar-refractivity contribution in [2.75, 3.05) is 19.6 Å². The predicted octanol–water partition coefficient (Wildman–Crippen LogP) is 1.89. The monoisotopic (exact) mass is 392 g/mol. The number of tetrazole rings is 1. The first-order valence-corrected chi connectivity index (χ1v) is 9.76. The van der Waals surface area contributed by atoms with Gasteiger partial charge in [0, 0.05) is 31.1 Å². The van der Waals surface area contributed by atoms with Crippen LogP contribution in [-0.2, 0) is 6.54 Å². The van der Waals surface area contributed by atoms with Crippen LogP contribution in [0.2, 0.25) is 0 Å². The van der Waals surface area contributed by atoms with Crippen molar-refractivity contribution in [1.82, 2.24) is 30.4 Å². The second kappa shape index (κ2) is 7.36. The van der Waals surface area contributed by atoms with Crippen LogP contribution in [0.3, 0.4) is 0 Å². The Balaban J connectivity index is 1.40. The highest BCUT2D eigenvalue weighted by atomic mass is 19.1. The van der Waals surface area contributed by atoms with Crippen LogP contribution in [-0.4, -0.2) is 50.6 Å². The summed E-state index contributed by atoms with van der Waals surface area (Å²) < 4.78 is 15.5. The molecule has 0 bridgehead atoms. The maximum Gasteiger partial charge on any atom is 0.254 e. The molecule has 1 amide bonds. The molecule has 3 heterocycles. The zero-order valence-electron chi connectivity index (χ0n) is 15.8. The van der Waals surface area contributed by atoms with Crippen LogP contribution in [0, 0.1) is 17.7 Å². The number of nitrogens with one attached hydrogen (secondary N) is 1. The molecular formula is C21H21FN6O. The second-order valence-electron chi connectivity index (χ2n) is 7.74. The van der Waals surface area contributed by atoms with Gasteiger partial charge in [0.2, 0.25) is 0 Å². The molecule has 0 spiro atoms. The molecule has 8 heteroatoms. The Bertz CT molecular complexity index is 1010. The minimum absolute atomic E-state index is 0.0115. The Morgan fingerprint density at radius 3 is 2.79 bits per heavy atom. The van der Waals surface area contributed by atoms with Crippen molar-refractivity contribution in [3.8, 4) is 0 Å². The minimum atomic E-state index is -0.267. The zero-order chi connectivity index (χ0) is 19.8. The lowest BCUT2D eigenvalue weighted by molar-refractivity contribution is 0.0713. The molecule has 2 aromatic carbocycles. The van der Waals surface area contributed by atoms with Gasteiger partial charge in [-0.15, -0.1) is 5.10 Å². The van der Waals surface area contributed by atoms with E-state index in [0.717, 1.165) is 24.2 Å². The van der Waals surface area contributed by atoms with Crippen molar-refractivity contribution in [2.24, 2.45) is 11.8 Å². The fourth-order valence-electron chi connectivity index (χ4n) is 4.61. The molecule has 1 N–H and O–H groups in total. The molecular weight excluding hydrogens is 371 g/mol. The maximum atomic E-state index is 13.9. The van der Waals surface area contributed by atoms with Gasteiger partial charge in [0.25, 0.3) is 5.91 Å². The molecule has 2 fully saturated rings. The highest BCUT2D eigenvalue weighted by Gasteiger charge is 2.46. The van der Waals surface area contributed by atoms with Crippen molar-refractivity contribution in [3.05, 3.63) is 77.4 Å². The van der Waals surface area contributed by atoms with E-state index >= 15 is 0 Å². The molecule has 29 heavy (non-hydrogen) atoms. The van der Waals surface area contributed by atoms with Crippen molar-refractivity contribution < 1.29 is 9.18 Å². The van der Waals surface area contributed by atoms with E-state index in [1.54, 1.807) is 23.1 Å². The van der Waals surface area contributed by atoms with E-state index in [1.807, 2.05) is 35.2 Å². The molecule has 5 rings (SSSR count). The second-order valence-corrected chi connectivity index (χ2v) is 7.74. The van der Waals surface area contributed by atoms with Crippen LogP contribution >= 0.6 is 0 Å². The molecule has 0 radical (unpaired) electrons. The van der Waals surface area contributed by atoms with Crippen LogP contribution < -0.4 is 5.32 Å². The number of hydrogen-bond donors (Lipinski definition) is 1. The number of rotatable bonds is 4. The molecule has 0 unspecified atom stereocenters. The first kappa shape index (κ1) is 17.9. The first-order valence-electron chi connectivity index (χ1n) is 9.76. The minimum Gasteiger partial charge on any atom is -0.331 e. The standard InChI is InChI=1S/C21H21FN6O/c22-18-3-1-2-16(8-18)20-19-10-23-9-17(19)12-28(20)21(29)15-6-4-14(5-7-15)11-27-13-24-25-26-27/h1-8,13,17,19-20,23H,9-12H2/t17-,19-,20+/m0/s1. The Morgan fingerprint density at radius 1 is 1.17 bits per heavy atom. The smallest absolute Gasteiger partial charge is 0.254 e. The van der Waals surface area contributed by atoms with Gasteiger partial charge < -0.3 is 10.2 Å². The molecule has 0 aliphatic carbocycles. The topological polar surface area (TPSA) is 75.9 Å². The summed E-state index contributed by atoms with van der Waals surface area (Å²) >= 11 is 0. The van der Waals surface area contributed by atoms with Gasteiger partial charge in [-0.1, -0.05) is 24.3 Å². The number of hydrogen-bond acceptors (Lipinski definition) is 5. The van der Waals surface area contributed by atoms with Crippen molar-refractivity contribution >= 4 is 5.91 Å². The van der Waals surface area contributed by atoms with Crippen LogP contribution in [0.15, 0.2) is 54.9 Å². The summed E-state index contributed by atoms with van der Waals surface area (Å²) in [6.07, 6.45) is 1.56. The third-order valence-electron chi connectivity index (χ3n) is 5.95. The SMILES string of the molecule is O=C(c1ccc(Cn2cnnn2)cc1)N1C[C@@H]2CNC[C@@H]2[C@H]1c1cccc(F)c1. The van der Waals surface area contributed by atoms with Gasteiger partial charge in [-0.2, -0.15) is 0 Å². The van der Waals surface area contributed by atoms with E-state index in [9.17, 15) is 9.18 Å². The fourth-order valence-corrected chi connectivity index (χ4v) is 4.61. The van der Waals surface area contributed by atoms with E-state index in [2.05, 4.69) is 20.8 Å². The average Bonchev–Trinajstić information content (AvgIpc) is 3.45. The summed E-state index contributed by atoms with van der Waals surface area (Å²) in [5, 5.41) is 14.5. The number of likely N-dealkylation sites (tertiary alicyclic amines) is 1. The molecule has 7 nitrogen and oxygen atoms in total. The molecule has 1 aromatic heterocycles. The lowest BCUT2D eigenvalue weighted by Crippen LogP contribution is -2.34. The molecule has 2 aliphatic rings. The van der Waals surface area contributed by atoms with Gasteiger partial charge in [0.15, 0.2) is 0 Å². The first-order chi connectivity index (χ1) is 14.2. The third-order valence-corrected chi connectivity index (χ3v) is 5.95. The molecule has 0 saturated carbocycles. The third kappa shape index (κ3) is 3.40. The van der Waals surface area contributed by atoms with Gasteiger partial charge in [0.1, 0.15) is 12.1 Å². The van der Waals surface area contributed by atoms with E-state index in [4.69, 9.17) is 0 Å². The number of nitrogens with zero attached hydrogens (tertiary/aromatic N) is 5. The largest absolute Gasteiger partial charge is 0.331 e. The molecule has 2 aliphatic heterocycles. The predicted molar refractivity (Wildman–Crippen MR) is 103 cm³/mol. The maximum absolute atomic E-state index is 13.9. The Kier molecular flexibility index (Phi) is 4.55. The zero-order valence-corrected chi connectivity index (χ0v) is 15.8. The molecule has 3 aromatic rings. The number of carbonyl (C=O) groups excluding carboxylic acids is 1. The molecule has 2 saturated heterocycles. The van der Waals surface area contributed by atoms with E-state index in [0.29, 0.717) is 30.5 Å². The number of carbonyl (C=O) groups is 1. The summed E-state index contributed by atoms with van der Waals surface area (Å²) in [5.41, 5.74) is 2.52. The van der Waals surface area contributed by atoms with E-state index < -0.39 is 0 Å². The normalized spacial score (nSPS) is 23.3. The summed E-state index contributed by atoms with van der Waals surface area (Å²) in [7, 11) is 0. The number of benzene rings is 2. The van der Waals surface area contributed by atoms with Crippen molar-refractivity contribution in [2.45, 2.75) is 12.6 Å². The molecule has 148 valence electrons. The number of amides is 1. The Hall–Kier alpha value is -3.13. The van der Waals surface area contributed by atoms with Crippen LogP contribution in [0.4, 0.5) is 4.39 Å². The summed E-state index contributed by atoms with van der Waals surface area (Å²) in [6.45, 7) is 2.97. The van der Waals surface area contributed by atoms with Crippen molar-refractivity contribution in [3.63, 3.8) is 0 Å². The summed E-state index contributed by atoms with van der Waals surface area (Å²) in [4.78, 5) is 15.3. The Morgan fingerprint density at radius 2 is 2.03 bits per heavy atom. The number of halogens is 1. The van der Waals surface area contributed by atoms with Crippen molar-refractivity contribution in [1.29, 1.82) is 0 Å². The van der Waals surface area contributed by atoms with Gasteiger partial charge in [-0.3, -0.25) is 4.79 Å². The van der Waals surface area contributed by atoms with Gasteiger partial charge >= 0.3 is 0 Å².